The molecule has 1 atom stereocenters. The second-order valence-electron chi connectivity index (χ2n) is 8.47. The maximum absolute atomic E-state index is 9.76. The lowest BCUT2D eigenvalue weighted by molar-refractivity contribution is 0.312. The second-order valence-corrected chi connectivity index (χ2v) is 8.47. The number of anilines is 1. The molecule has 1 unspecified atom stereocenters. The SMILES string of the molecule is C=CCN1CCc2nc(N)oc2CC1.Cl.Oc1cc2c(cc1O)C(c1ccccc1)CNCC2. The van der Waals surface area contributed by atoms with Gasteiger partial charge in [0.25, 0.3) is 6.01 Å². The summed E-state index contributed by atoms with van der Waals surface area (Å²) < 4.78 is 5.33. The Bertz CT molecular complexity index is 1060. The lowest BCUT2D eigenvalue weighted by atomic mass is 9.88. The second kappa shape index (κ2) is 11.9. The highest BCUT2D eigenvalue weighted by Crippen LogP contribution is 2.36. The van der Waals surface area contributed by atoms with Crippen LogP contribution in [0.1, 0.15) is 34.1 Å². The third kappa shape index (κ3) is 6.11. The summed E-state index contributed by atoms with van der Waals surface area (Å²) in [5, 5.41) is 22.8. The third-order valence-electron chi connectivity index (χ3n) is 6.24. The average molecular weight is 485 g/mol. The molecule has 5 rings (SSSR count). The molecular formula is C26H33ClN4O3. The number of phenolic OH excluding ortho intramolecular Hbond substituents is 2. The van der Waals surface area contributed by atoms with Gasteiger partial charge in [-0.1, -0.05) is 36.4 Å². The molecule has 0 bridgehead atoms. The van der Waals surface area contributed by atoms with Gasteiger partial charge in [0, 0.05) is 44.9 Å². The summed E-state index contributed by atoms with van der Waals surface area (Å²) in [4.78, 5) is 6.50. The fourth-order valence-electron chi connectivity index (χ4n) is 4.53. The summed E-state index contributed by atoms with van der Waals surface area (Å²) in [7, 11) is 0. The number of halogens is 1. The fourth-order valence-corrected chi connectivity index (χ4v) is 4.53. The summed E-state index contributed by atoms with van der Waals surface area (Å²) in [5.41, 5.74) is 9.95. The molecule has 34 heavy (non-hydrogen) atoms. The van der Waals surface area contributed by atoms with Crippen molar-refractivity contribution in [2.75, 3.05) is 38.5 Å². The van der Waals surface area contributed by atoms with Crippen molar-refractivity contribution >= 4 is 18.4 Å². The van der Waals surface area contributed by atoms with Gasteiger partial charge >= 0.3 is 0 Å². The number of aromatic hydroxyl groups is 2. The number of nitrogens with two attached hydrogens (primary N) is 1. The minimum atomic E-state index is -0.0402. The molecule has 8 heteroatoms. The van der Waals surface area contributed by atoms with E-state index in [1.54, 1.807) is 12.1 Å². The first-order valence-corrected chi connectivity index (χ1v) is 11.4. The predicted octanol–water partition coefficient (Wildman–Crippen LogP) is 3.64. The zero-order valence-corrected chi connectivity index (χ0v) is 20.1. The topological polar surface area (TPSA) is 108 Å². The number of nitrogens with one attached hydrogen (secondary N) is 1. The Hall–Kier alpha value is -3.00. The van der Waals surface area contributed by atoms with Crippen LogP contribution in [0.15, 0.2) is 59.5 Å². The highest BCUT2D eigenvalue weighted by atomic mass is 35.5. The maximum atomic E-state index is 9.76. The summed E-state index contributed by atoms with van der Waals surface area (Å²) in [5.74, 6) is 1.09. The molecule has 182 valence electrons. The van der Waals surface area contributed by atoms with E-state index in [-0.39, 0.29) is 29.8 Å². The Labute approximate surface area is 206 Å². The van der Waals surface area contributed by atoms with Crippen molar-refractivity contribution in [1.29, 1.82) is 0 Å². The van der Waals surface area contributed by atoms with Crippen LogP contribution in [0.3, 0.4) is 0 Å². The number of phenols is 2. The number of benzene rings is 2. The van der Waals surface area contributed by atoms with Crippen molar-refractivity contribution in [3.05, 3.63) is 83.3 Å². The normalized spacial score (nSPS) is 17.6. The Morgan fingerprint density at radius 1 is 1.12 bits per heavy atom. The van der Waals surface area contributed by atoms with E-state index in [1.165, 1.54) is 5.56 Å². The van der Waals surface area contributed by atoms with Gasteiger partial charge in [-0.3, -0.25) is 4.90 Å². The van der Waals surface area contributed by atoms with E-state index in [9.17, 15) is 10.2 Å². The van der Waals surface area contributed by atoms with E-state index in [0.29, 0.717) is 6.01 Å². The van der Waals surface area contributed by atoms with Crippen LogP contribution >= 0.6 is 12.4 Å². The van der Waals surface area contributed by atoms with Crippen molar-refractivity contribution < 1.29 is 14.6 Å². The van der Waals surface area contributed by atoms with Crippen LogP contribution in [-0.2, 0) is 19.3 Å². The number of aromatic nitrogens is 1. The molecule has 2 aliphatic rings. The molecule has 0 radical (unpaired) electrons. The first-order valence-electron chi connectivity index (χ1n) is 11.4. The molecule has 3 aromatic rings. The van der Waals surface area contributed by atoms with Gasteiger partial charge in [-0.25, -0.2) is 0 Å². The van der Waals surface area contributed by atoms with Crippen LogP contribution in [0.4, 0.5) is 6.01 Å². The van der Waals surface area contributed by atoms with Gasteiger partial charge in [-0.15, -0.1) is 19.0 Å². The molecule has 0 saturated heterocycles. The molecule has 2 aromatic carbocycles. The van der Waals surface area contributed by atoms with Gasteiger partial charge in [-0.05, 0) is 41.8 Å². The maximum Gasteiger partial charge on any atom is 0.292 e. The Balaban J connectivity index is 0.000000193. The van der Waals surface area contributed by atoms with Gasteiger partial charge in [-0.2, -0.15) is 4.98 Å². The van der Waals surface area contributed by atoms with Crippen molar-refractivity contribution in [3.63, 3.8) is 0 Å². The molecule has 0 saturated carbocycles. The Morgan fingerprint density at radius 2 is 1.85 bits per heavy atom. The fraction of sp³-hybridized carbons (Fsp3) is 0.346. The van der Waals surface area contributed by atoms with E-state index >= 15 is 0 Å². The summed E-state index contributed by atoms with van der Waals surface area (Å²) in [6.07, 6.45) is 4.61. The molecule has 0 aliphatic carbocycles. The first kappa shape index (κ1) is 25.6. The van der Waals surface area contributed by atoms with Crippen molar-refractivity contribution in [2.45, 2.75) is 25.2 Å². The van der Waals surface area contributed by atoms with Crippen molar-refractivity contribution in [3.8, 4) is 11.5 Å². The largest absolute Gasteiger partial charge is 0.504 e. The number of fused-ring (bicyclic) bond motifs is 2. The number of hydrogen-bond acceptors (Lipinski definition) is 7. The van der Waals surface area contributed by atoms with Gasteiger partial charge < -0.3 is 25.7 Å². The molecular weight excluding hydrogens is 452 g/mol. The molecule has 1 aromatic heterocycles. The van der Waals surface area contributed by atoms with Crippen molar-refractivity contribution in [2.24, 2.45) is 0 Å². The van der Waals surface area contributed by atoms with E-state index in [0.717, 1.165) is 74.6 Å². The monoisotopic (exact) mass is 484 g/mol. The van der Waals surface area contributed by atoms with Gasteiger partial charge in [0.15, 0.2) is 11.5 Å². The quantitative estimate of drug-likeness (QED) is 0.332. The van der Waals surface area contributed by atoms with Crippen LogP contribution in [-0.4, -0.2) is 52.8 Å². The van der Waals surface area contributed by atoms with E-state index in [1.807, 2.05) is 24.3 Å². The Kier molecular flexibility index (Phi) is 8.98. The zero-order chi connectivity index (χ0) is 23.2. The smallest absolute Gasteiger partial charge is 0.292 e. The van der Waals surface area contributed by atoms with Crippen LogP contribution in [0, 0.1) is 0 Å². The summed E-state index contributed by atoms with van der Waals surface area (Å²) >= 11 is 0. The Morgan fingerprint density at radius 3 is 2.62 bits per heavy atom. The number of hydrogen-bond donors (Lipinski definition) is 4. The number of nitrogen functional groups attached to an aromatic ring is 1. The summed E-state index contributed by atoms with van der Waals surface area (Å²) in [6, 6.07) is 14.0. The molecule has 7 nitrogen and oxygen atoms in total. The third-order valence-corrected chi connectivity index (χ3v) is 6.24. The lowest BCUT2D eigenvalue weighted by Crippen LogP contribution is -2.26. The standard InChI is InChI=1S/C16H17NO2.C10H15N3O.ClH/c18-15-8-12-6-7-17-10-14(13(12)9-16(15)19)11-4-2-1-3-5-11;1-2-5-13-6-3-8-9(4-7-13)14-10(11)12-8;/h1-5,8-9,14,17-19H,6-7,10H2;2H,1,3-7H2,(H2,11,12);1H. The van der Waals surface area contributed by atoms with E-state index < -0.39 is 0 Å². The first-order chi connectivity index (χ1) is 16.0. The summed E-state index contributed by atoms with van der Waals surface area (Å²) in [6.45, 7) is 8.40. The van der Waals surface area contributed by atoms with Crippen LogP contribution in [0.25, 0.3) is 0 Å². The van der Waals surface area contributed by atoms with Crippen LogP contribution in [0.5, 0.6) is 11.5 Å². The molecule has 2 aliphatic heterocycles. The molecule has 5 N–H and O–H groups in total. The number of rotatable bonds is 3. The van der Waals surface area contributed by atoms with Crippen molar-refractivity contribution in [1.82, 2.24) is 15.2 Å². The van der Waals surface area contributed by atoms with Gasteiger partial charge in [0.05, 0.1) is 5.69 Å². The van der Waals surface area contributed by atoms with E-state index in [2.05, 4.69) is 33.9 Å². The number of nitrogens with zero attached hydrogens (tertiary/aromatic N) is 2. The number of oxazole rings is 1. The van der Waals surface area contributed by atoms with Gasteiger partial charge in [0.2, 0.25) is 0 Å². The highest BCUT2D eigenvalue weighted by Gasteiger charge is 2.22. The molecule has 0 spiro atoms. The van der Waals surface area contributed by atoms with Crippen LogP contribution < -0.4 is 11.1 Å². The highest BCUT2D eigenvalue weighted by molar-refractivity contribution is 5.85. The molecule has 0 fully saturated rings. The molecule has 0 amide bonds. The average Bonchev–Trinajstić information content (AvgIpc) is 2.94. The van der Waals surface area contributed by atoms with Crippen LogP contribution in [0.2, 0.25) is 0 Å². The lowest BCUT2D eigenvalue weighted by Gasteiger charge is -2.18. The minimum Gasteiger partial charge on any atom is -0.504 e. The predicted molar refractivity (Wildman–Crippen MR) is 137 cm³/mol. The van der Waals surface area contributed by atoms with Gasteiger partial charge in [0.1, 0.15) is 5.76 Å². The van der Waals surface area contributed by atoms with E-state index in [4.69, 9.17) is 10.2 Å². The zero-order valence-electron chi connectivity index (χ0n) is 19.2. The minimum absolute atomic E-state index is 0. The molecule has 3 heterocycles.